The van der Waals surface area contributed by atoms with E-state index in [-0.39, 0.29) is 11.5 Å². The molecule has 0 bridgehead atoms. The van der Waals surface area contributed by atoms with Crippen LogP contribution >= 0.6 is 0 Å². The number of nitrogens with two attached hydrogens (primary N) is 1. The van der Waals surface area contributed by atoms with Crippen LogP contribution in [0, 0.1) is 5.41 Å². The van der Waals surface area contributed by atoms with E-state index in [9.17, 15) is 5.11 Å². The van der Waals surface area contributed by atoms with Crippen LogP contribution in [0.3, 0.4) is 0 Å². The van der Waals surface area contributed by atoms with Gasteiger partial charge in [0.25, 0.3) is 0 Å². The SMILES string of the molecule is CC(C)(Cc1cc2ccccc2[nH]1)C(O)CCN. The van der Waals surface area contributed by atoms with Crippen LogP contribution in [0.2, 0.25) is 0 Å². The van der Waals surface area contributed by atoms with E-state index >= 15 is 0 Å². The van der Waals surface area contributed by atoms with Gasteiger partial charge < -0.3 is 15.8 Å². The zero-order chi connectivity index (χ0) is 13.2. The van der Waals surface area contributed by atoms with Gasteiger partial charge in [0.15, 0.2) is 0 Å². The van der Waals surface area contributed by atoms with Crippen molar-refractivity contribution in [2.75, 3.05) is 6.54 Å². The van der Waals surface area contributed by atoms with E-state index in [1.165, 1.54) is 5.39 Å². The zero-order valence-corrected chi connectivity index (χ0v) is 11.1. The van der Waals surface area contributed by atoms with Gasteiger partial charge in [-0.05, 0) is 42.3 Å². The first-order valence-electron chi connectivity index (χ1n) is 6.48. The van der Waals surface area contributed by atoms with Crippen molar-refractivity contribution < 1.29 is 5.11 Å². The molecule has 0 aliphatic carbocycles. The number of H-pyrrole nitrogens is 1. The van der Waals surface area contributed by atoms with E-state index in [0.29, 0.717) is 13.0 Å². The monoisotopic (exact) mass is 246 g/mol. The second-order valence-corrected chi connectivity index (χ2v) is 5.64. The summed E-state index contributed by atoms with van der Waals surface area (Å²) < 4.78 is 0. The van der Waals surface area contributed by atoms with Gasteiger partial charge in [-0.15, -0.1) is 0 Å². The number of fused-ring (bicyclic) bond motifs is 1. The molecule has 0 radical (unpaired) electrons. The largest absolute Gasteiger partial charge is 0.393 e. The molecule has 98 valence electrons. The van der Waals surface area contributed by atoms with Gasteiger partial charge in [0.1, 0.15) is 0 Å². The summed E-state index contributed by atoms with van der Waals surface area (Å²) in [7, 11) is 0. The van der Waals surface area contributed by atoms with Crippen molar-refractivity contribution in [3.63, 3.8) is 0 Å². The van der Waals surface area contributed by atoms with Crippen LogP contribution in [0.15, 0.2) is 30.3 Å². The standard InChI is InChI=1S/C15H22N2O/c1-15(2,14(18)7-8-16)10-12-9-11-5-3-4-6-13(11)17-12/h3-6,9,14,17-18H,7-8,10,16H2,1-2H3. The first kappa shape index (κ1) is 13.1. The van der Waals surface area contributed by atoms with Crippen LogP contribution < -0.4 is 5.73 Å². The third kappa shape index (κ3) is 2.74. The molecular weight excluding hydrogens is 224 g/mol. The van der Waals surface area contributed by atoms with Crippen LogP contribution in [-0.2, 0) is 6.42 Å². The average Bonchev–Trinajstić information content (AvgIpc) is 2.70. The fourth-order valence-electron chi connectivity index (χ4n) is 2.39. The maximum absolute atomic E-state index is 10.1. The minimum Gasteiger partial charge on any atom is -0.393 e. The van der Waals surface area contributed by atoms with Gasteiger partial charge in [-0.1, -0.05) is 32.0 Å². The van der Waals surface area contributed by atoms with Crippen molar-refractivity contribution in [3.05, 3.63) is 36.0 Å². The van der Waals surface area contributed by atoms with Gasteiger partial charge in [0.05, 0.1) is 6.10 Å². The Hall–Kier alpha value is -1.32. The third-order valence-corrected chi connectivity index (χ3v) is 3.57. The second kappa shape index (κ2) is 5.12. The minimum absolute atomic E-state index is 0.166. The summed E-state index contributed by atoms with van der Waals surface area (Å²) >= 11 is 0. The number of aromatic amines is 1. The predicted molar refractivity (Wildman–Crippen MR) is 75.5 cm³/mol. The Labute approximate surface area is 108 Å². The second-order valence-electron chi connectivity index (χ2n) is 5.64. The van der Waals surface area contributed by atoms with Crippen molar-refractivity contribution in [1.29, 1.82) is 0 Å². The van der Waals surface area contributed by atoms with E-state index in [1.807, 2.05) is 12.1 Å². The quantitative estimate of drug-likeness (QED) is 0.759. The Morgan fingerprint density at radius 2 is 2.06 bits per heavy atom. The number of hydrogen-bond acceptors (Lipinski definition) is 2. The summed E-state index contributed by atoms with van der Waals surface area (Å²) in [6.07, 6.45) is 1.10. The van der Waals surface area contributed by atoms with Gasteiger partial charge in [-0.3, -0.25) is 0 Å². The van der Waals surface area contributed by atoms with E-state index in [0.717, 1.165) is 17.6 Å². The molecule has 1 heterocycles. The van der Waals surface area contributed by atoms with Crippen LogP contribution in [-0.4, -0.2) is 22.7 Å². The van der Waals surface area contributed by atoms with Crippen molar-refractivity contribution in [2.24, 2.45) is 11.1 Å². The molecule has 0 aliphatic rings. The minimum atomic E-state index is -0.367. The predicted octanol–water partition coefficient (Wildman–Crippen LogP) is 2.45. The highest BCUT2D eigenvalue weighted by atomic mass is 16.3. The van der Waals surface area contributed by atoms with Gasteiger partial charge in [-0.25, -0.2) is 0 Å². The zero-order valence-electron chi connectivity index (χ0n) is 11.1. The molecule has 0 aliphatic heterocycles. The van der Waals surface area contributed by atoms with Gasteiger partial charge in [0, 0.05) is 11.2 Å². The van der Waals surface area contributed by atoms with E-state index in [4.69, 9.17) is 5.73 Å². The molecule has 1 aromatic carbocycles. The number of aromatic nitrogens is 1. The Morgan fingerprint density at radius 3 is 2.72 bits per heavy atom. The topological polar surface area (TPSA) is 62.0 Å². The molecule has 0 amide bonds. The maximum Gasteiger partial charge on any atom is 0.0606 e. The normalized spacial score (nSPS) is 14.0. The lowest BCUT2D eigenvalue weighted by Crippen LogP contribution is -2.33. The summed E-state index contributed by atoms with van der Waals surface area (Å²) in [6, 6.07) is 10.4. The number of benzene rings is 1. The van der Waals surface area contributed by atoms with Crippen LogP contribution in [0.4, 0.5) is 0 Å². The van der Waals surface area contributed by atoms with Crippen LogP contribution in [0.1, 0.15) is 26.0 Å². The van der Waals surface area contributed by atoms with Gasteiger partial charge in [0.2, 0.25) is 0 Å². The van der Waals surface area contributed by atoms with Crippen molar-refractivity contribution >= 4 is 10.9 Å². The highest BCUT2D eigenvalue weighted by molar-refractivity contribution is 5.80. The molecule has 0 saturated heterocycles. The Bertz CT molecular complexity index is 483. The molecule has 2 aromatic rings. The van der Waals surface area contributed by atoms with E-state index in [2.05, 4.69) is 37.0 Å². The Kier molecular flexibility index (Phi) is 3.73. The van der Waals surface area contributed by atoms with Crippen molar-refractivity contribution in [2.45, 2.75) is 32.8 Å². The van der Waals surface area contributed by atoms with Crippen molar-refractivity contribution in [1.82, 2.24) is 4.98 Å². The number of rotatable bonds is 5. The summed E-state index contributed by atoms with van der Waals surface area (Å²) in [5, 5.41) is 11.3. The molecule has 3 nitrogen and oxygen atoms in total. The lowest BCUT2D eigenvalue weighted by molar-refractivity contribution is 0.0448. The summed E-state index contributed by atoms with van der Waals surface area (Å²) in [6.45, 7) is 4.69. The molecule has 1 aromatic heterocycles. The smallest absolute Gasteiger partial charge is 0.0606 e. The van der Waals surface area contributed by atoms with E-state index in [1.54, 1.807) is 0 Å². The number of aliphatic hydroxyl groups is 1. The van der Waals surface area contributed by atoms with Crippen LogP contribution in [0.5, 0.6) is 0 Å². The third-order valence-electron chi connectivity index (χ3n) is 3.57. The Balaban J connectivity index is 2.17. The first-order chi connectivity index (χ1) is 8.53. The number of hydrogen-bond donors (Lipinski definition) is 3. The molecular formula is C15H22N2O. The lowest BCUT2D eigenvalue weighted by atomic mass is 9.80. The fraction of sp³-hybridized carbons (Fsp3) is 0.467. The van der Waals surface area contributed by atoms with Crippen molar-refractivity contribution in [3.8, 4) is 0 Å². The molecule has 0 saturated carbocycles. The molecule has 18 heavy (non-hydrogen) atoms. The maximum atomic E-state index is 10.1. The van der Waals surface area contributed by atoms with Gasteiger partial charge in [-0.2, -0.15) is 0 Å². The summed E-state index contributed by atoms with van der Waals surface area (Å²) in [5.74, 6) is 0. The average molecular weight is 246 g/mol. The molecule has 1 unspecified atom stereocenters. The molecule has 0 fully saturated rings. The number of aliphatic hydroxyl groups excluding tert-OH is 1. The molecule has 3 heteroatoms. The molecule has 2 rings (SSSR count). The molecule has 0 spiro atoms. The fourth-order valence-corrected chi connectivity index (χ4v) is 2.39. The van der Waals surface area contributed by atoms with Crippen LogP contribution in [0.25, 0.3) is 10.9 Å². The first-order valence-corrected chi connectivity index (χ1v) is 6.48. The van der Waals surface area contributed by atoms with E-state index < -0.39 is 0 Å². The van der Waals surface area contributed by atoms with Gasteiger partial charge >= 0.3 is 0 Å². The Morgan fingerprint density at radius 1 is 1.33 bits per heavy atom. The highest BCUT2D eigenvalue weighted by Gasteiger charge is 2.28. The number of para-hydroxylation sites is 1. The summed E-state index contributed by atoms with van der Waals surface area (Å²) in [4.78, 5) is 3.41. The summed E-state index contributed by atoms with van der Waals surface area (Å²) in [5.41, 5.74) is 7.66. The molecule has 4 N–H and O–H groups in total. The molecule has 1 atom stereocenters. The highest BCUT2D eigenvalue weighted by Crippen LogP contribution is 2.28. The lowest BCUT2D eigenvalue weighted by Gasteiger charge is -2.30. The number of nitrogens with one attached hydrogen (secondary N) is 1.